The number of fused-ring (bicyclic) bond motifs is 1. The molecular formula is C19H22N2O2. The molecule has 0 aliphatic heterocycles. The quantitative estimate of drug-likeness (QED) is 0.891. The van der Waals surface area contributed by atoms with E-state index in [1.165, 1.54) is 11.1 Å². The van der Waals surface area contributed by atoms with Crippen molar-refractivity contribution in [3.8, 4) is 5.75 Å². The summed E-state index contributed by atoms with van der Waals surface area (Å²) in [6, 6.07) is 15.8. The van der Waals surface area contributed by atoms with E-state index in [1.54, 1.807) is 7.11 Å². The number of hydrogen-bond donors (Lipinski definition) is 2. The topological polar surface area (TPSA) is 50.4 Å². The van der Waals surface area contributed by atoms with Crippen LogP contribution in [-0.4, -0.2) is 19.1 Å². The van der Waals surface area contributed by atoms with Crippen LogP contribution in [0.15, 0.2) is 48.5 Å². The van der Waals surface area contributed by atoms with E-state index in [4.69, 9.17) is 4.74 Å². The fourth-order valence-electron chi connectivity index (χ4n) is 3.10. The monoisotopic (exact) mass is 310 g/mol. The Morgan fingerprint density at radius 3 is 2.74 bits per heavy atom. The highest BCUT2D eigenvalue weighted by Gasteiger charge is 2.25. The van der Waals surface area contributed by atoms with Crippen LogP contribution in [0.3, 0.4) is 0 Å². The number of carbonyl (C=O) groups is 1. The first-order valence-corrected chi connectivity index (χ1v) is 7.97. The van der Waals surface area contributed by atoms with Crippen LogP contribution in [0.25, 0.3) is 0 Å². The fourth-order valence-corrected chi connectivity index (χ4v) is 3.10. The Morgan fingerprint density at radius 1 is 1.17 bits per heavy atom. The second-order valence-electron chi connectivity index (χ2n) is 5.87. The summed E-state index contributed by atoms with van der Waals surface area (Å²) in [6.07, 6.45) is 2.10. The van der Waals surface area contributed by atoms with Gasteiger partial charge in [-0.25, -0.2) is 0 Å². The molecule has 4 nitrogen and oxygen atoms in total. The Morgan fingerprint density at radius 2 is 1.91 bits per heavy atom. The highest BCUT2D eigenvalue weighted by molar-refractivity contribution is 5.95. The van der Waals surface area contributed by atoms with Crippen LogP contribution in [0.2, 0.25) is 0 Å². The van der Waals surface area contributed by atoms with Gasteiger partial charge < -0.3 is 10.1 Å². The number of para-hydroxylation sites is 2. The van der Waals surface area contributed by atoms with Crippen molar-refractivity contribution in [1.29, 1.82) is 0 Å². The average molecular weight is 310 g/mol. The van der Waals surface area contributed by atoms with Crippen LogP contribution in [0.4, 0.5) is 5.69 Å². The summed E-state index contributed by atoms with van der Waals surface area (Å²) in [7, 11) is 1.60. The molecule has 4 heteroatoms. The van der Waals surface area contributed by atoms with Gasteiger partial charge in [-0.2, -0.15) is 0 Å². The van der Waals surface area contributed by atoms with E-state index >= 15 is 0 Å². The first-order chi connectivity index (χ1) is 11.2. The minimum atomic E-state index is -0.281. The molecule has 0 spiro atoms. The van der Waals surface area contributed by atoms with Crippen molar-refractivity contribution in [2.24, 2.45) is 0 Å². The third-order valence-corrected chi connectivity index (χ3v) is 4.34. The minimum Gasteiger partial charge on any atom is -0.495 e. The normalized spacial score (nSPS) is 17.4. The summed E-state index contributed by atoms with van der Waals surface area (Å²) in [4.78, 5) is 12.5. The lowest BCUT2D eigenvalue weighted by molar-refractivity contribution is -0.118. The van der Waals surface area contributed by atoms with Gasteiger partial charge in [0, 0.05) is 6.04 Å². The second-order valence-corrected chi connectivity index (χ2v) is 5.87. The van der Waals surface area contributed by atoms with Crippen molar-refractivity contribution in [1.82, 2.24) is 5.32 Å². The molecule has 0 heterocycles. The Kier molecular flexibility index (Phi) is 4.63. The van der Waals surface area contributed by atoms with Gasteiger partial charge in [-0.05, 0) is 43.0 Å². The third kappa shape index (κ3) is 3.37. The Labute approximate surface area is 136 Å². The van der Waals surface area contributed by atoms with Gasteiger partial charge in [0.15, 0.2) is 0 Å². The number of ether oxygens (including phenoxy) is 1. The molecule has 23 heavy (non-hydrogen) atoms. The predicted octanol–water partition coefficient (Wildman–Crippen LogP) is 3.30. The average Bonchev–Trinajstić information content (AvgIpc) is 2.98. The highest BCUT2D eigenvalue weighted by Crippen LogP contribution is 2.31. The Hall–Kier alpha value is -2.33. The van der Waals surface area contributed by atoms with E-state index in [-0.39, 0.29) is 18.0 Å². The maximum Gasteiger partial charge on any atom is 0.241 e. The molecule has 2 atom stereocenters. The van der Waals surface area contributed by atoms with E-state index in [9.17, 15) is 4.79 Å². The molecule has 0 fully saturated rings. The summed E-state index contributed by atoms with van der Waals surface area (Å²) in [5.74, 6) is 0.609. The van der Waals surface area contributed by atoms with Gasteiger partial charge >= 0.3 is 0 Å². The highest BCUT2D eigenvalue weighted by atomic mass is 16.5. The second kappa shape index (κ2) is 6.84. The Bertz CT molecular complexity index is 699. The Balaban J connectivity index is 1.65. The molecule has 1 aliphatic rings. The number of anilines is 1. The van der Waals surface area contributed by atoms with Gasteiger partial charge in [-0.1, -0.05) is 36.4 Å². The van der Waals surface area contributed by atoms with Crippen LogP contribution < -0.4 is 15.4 Å². The van der Waals surface area contributed by atoms with Crippen molar-refractivity contribution >= 4 is 11.6 Å². The summed E-state index contributed by atoms with van der Waals surface area (Å²) in [5.41, 5.74) is 3.38. The number of carbonyl (C=O) groups excluding carboxylic acids is 1. The number of aryl methyl sites for hydroxylation is 1. The summed E-state index contributed by atoms with van der Waals surface area (Å²) < 4.78 is 5.27. The van der Waals surface area contributed by atoms with Gasteiger partial charge in [0.25, 0.3) is 0 Å². The number of hydrogen-bond acceptors (Lipinski definition) is 3. The molecular weight excluding hydrogens is 288 g/mol. The standard InChI is InChI=1S/C19H22N2O2/c1-13(19(22)21-17-9-5-6-10-18(17)23-2)20-16-12-11-14-7-3-4-8-15(14)16/h3-10,13,16,20H,11-12H2,1-2H3,(H,21,22)/t13-,16+/m0/s1. The van der Waals surface area contributed by atoms with Crippen molar-refractivity contribution in [3.63, 3.8) is 0 Å². The lowest BCUT2D eigenvalue weighted by atomic mass is 10.1. The van der Waals surface area contributed by atoms with Crippen molar-refractivity contribution in [2.75, 3.05) is 12.4 Å². The van der Waals surface area contributed by atoms with E-state index in [0.717, 1.165) is 12.8 Å². The molecule has 120 valence electrons. The minimum absolute atomic E-state index is 0.0566. The van der Waals surface area contributed by atoms with Crippen LogP contribution >= 0.6 is 0 Å². The number of rotatable bonds is 5. The molecule has 0 aromatic heterocycles. The first-order valence-electron chi connectivity index (χ1n) is 7.97. The molecule has 0 radical (unpaired) electrons. The zero-order chi connectivity index (χ0) is 16.2. The van der Waals surface area contributed by atoms with Crippen molar-refractivity contribution in [3.05, 3.63) is 59.7 Å². The summed E-state index contributed by atoms with van der Waals surface area (Å²) in [6.45, 7) is 1.89. The zero-order valence-electron chi connectivity index (χ0n) is 13.5. The molecule has 2 aromatic carbocycles. The smallest absolute Gasteiger partial charge is 0.241 e. The molecule has 1 amide bonds. The molecule has 2 aromatic rings. The van der Waals surface area contributed by atoms with Gasteiger partial charge in [0.1, 0.15) is 5.75 Å². The third-order valence-electron chi connectivity index (χ3n) is 4.34. The lowest BCUT2D eigenvalue weighted by Gasteiger charge is -2.20. The van der Waals surface area contributed by atoms with Crippen LogP contribution in [-0.2, 0) is 11.2 Å². The van der Waals surface area contributed by atoms with E-state index < -0.39 is 0 Å². The van der Waals surface area contributed by atoms with Gasteiger partial charge in [-0.3, -0.25) is 10.1 Å². The fraction of sp³-hybridized carbons (Fsp3) is 0.316. The molecule has 0 bridgehead atoms. The molecule has 0 saturated carbocycles. The molecule has 3 rings (SSSR count). The summed E-state index contributed by atoms with van der Waals surface area (Å²) in [5, 5.41) is 6.37. The lowest BCUT2D eigenvalue weighted by Crippen LogP contribution is -2.39. The number of benzene rings is 2. The number of nitrogens with one attached hydrogen (secondary N) is 2. The molecule has 0 unspecified atom stereocenters. The SMILES string of the molecule is COc1ccccc1NC(=O)[C@H](C)N[C@@H]1CCc2ccccc21. The molecule has 0 saturated heterocycles. The van der Waals surface area contributed by atoms with Gasteiger partial charge in [0.2, 0.25) is 5.91 Å². The maximum atomic E-state index is 12.5. The molecule has 2 N–H and O–H groups in total. The van der Waals surface area contributed by atoms with Crippen molar-refractivity contribution < 1.29 is 9.53 Å². The number of methoxy groups -OCH3 is 1. The van der Waals surface area contributed by atoms with Gasteiger partial charge in [0.05, 0.1) is 18.8 Å². The van der Waals surface area contributed by atoms with Crippen LogP contribution in [0.5, 0.6) is 5.75 Å². The number of amides is 1. The van der Waals surface area contributed by atoms with Crippen LogP contribution in [0.1, 0.15) is 30.5 Å². The van der Waals surface area contributed by atoms with Gasteiger partial charge in [-0.15, -0.1) is 0 Å². The van der Waals surface area contributed by atoms with Crippen molar-refractivity contribution in [2.45, 2.75) is 31.8 Å². The van der Waals surface area contributed by atoms with E-state index in [0.29, 0.717) is 11.4 Å². The molecule has 1 aliphatic carbocycles. The predicted molar refractivity (Wildman–Crippen MR) is 91.7 cm³/mol. The summed E-state index contributed by atoms with van der Waals surface area (Å²) >= 11 is 0. The van der Waals surface area contributed by atoms with E-state index in [1.807, 2.05) is 31.2 Å². The van der Waals surface area contributed by atoms with Crippen LogP contribution in [0, 0.1) is 0 Å². The first kappa shape index (κ1) is 15.6. The van der Waals surface area contributed by atoms with E-state index in [2.05, 4.69) is 34.9 Å². The zero-order valence-corrected chi connectivity index (χ0v) is 13.5. The maximum absolute atomic E-state index is 12.5. The largest absolute Gasteiger partial charge is 0.495 e.